The number of fused-ring (bicyclic) bond motifs is 1. The number of ether oxygens (including phenoxy) is 2. The predicted octanol–water partition coefficient (Wildman–Crippen LogP) is 3.57. The molecular weight excluding hydrogens is 390 g/mol. The second kappa shape index (κ2) is 7.90. The Morgan fingerprint density at radius 3 is 2.61 bits per heavy atom. The van der Waals surface area contributed by atoms with E-state index < -0.39 is 5.97 Å². The Hall–Kier alpha value is -1.44. The molecule has 0 spiro atoms. The van der Waals surface area contributed by atoms with Crippen molar-refractivity contribution in [3.8, 4) is 11.5 Å². The zero-order valence-electron chi connectivity index (χ0n) is 13.3. The van der Waals surface area contributed by atoms with Crippen molar-refractivity contribution in [1.82, 2.24) is 4.90 Å². The first-order chi connectivity index (χ1) is 10.4. The van der Waals surface area contributed by atoms with Gasteiger partial charge < -0.3 is 23.9 Å². The highest BCUT2D eigenvalue weighted by atomic mass is 79.9. The van der Waals surface area contributed by atoms with Crippen molar-refractivity contribution in [3.63, 3.8) is 0 Å². The molecule has 0 fully saturated rings. The highest BCUT2D eigenvalue weighted by molar-refractivity contribution is 9.10. The molecule has 0 bridgehead atoms. The fourth-order valence-corrected chi connectivity index (χ4v) is 2.81. The van der Waals surface area contributed by atoms with E-state index in [1.807, 2.05) is 19.0 Å². The van der Waals surface area contributed by atoms with Crippen LogP contribution in [0.25, 0.3) is 11.0 Å². The average Bonchev–Trinajstić information content (AvgIpc) is 2.76. The summed E-state index contributed by atoms with van der Waals surface area (Å²) in [6.07, 6.45) is 0. The molecule has 0 saturated carbocycles. The van der Waals surface area contributed by atoms with Gasteiger partial charge in [-0.05, 0) is 43.0 Å². The molecule has 8 heteroatoms. The molecule has 0 aliphatic carbocycles. The number of methoxy groups -OCH3 is 1. The Labute approximate surface area is 148 Å². The second-order valence-corrected chi connectivity index (χ2v) is 5.83. The summed E-state index contributed by atoms with van der Waals surface area (Å²) in [6, 6.07) is 1.66. The summed E-state index contributed by atoms with van der Waals surface area (Å²) in [5.41, 5.74) is 0.624. The molecule has 0 aliphatic heterocycles. The number of aromatic hydroxyl groups is 1. The predicted molar refractivity (Wildman–Crippen MR) is 92.7 cm³/mol. The van der Waals surface area contributed by atoms with Gasteiger partial charge in [0, 0.05) is 0 Å². The minimum Gasteiger partial charge on any atom is -0.504 e. The van der Waals surface area contributed by atoms with E-state index in [9.17, 15) is 9.90 Å². The lowest BCUT2D eigenvalue weighted by Gasteiger charge is -2.09. The van der Waals surface area contributed by atoms with Gasteiger partial charge in [-0.1, -0.05) is 0 Å². The number of carbonyl (C=O) groups is 1. The molecule has 6 nitrogen and oxygen atoms in total. The molecule has 0 atom stereocenters. The summed E-state index contributed by atoms with van der Waals surface area (Å²) in [7, 11) is 5.16. The maximum Gasteiger partial charge on any atom is 0.342 e. The lowest BCUT2D eigenvalue weighted by Crippen LogP contribution is -2.14. The Balaban J connectivity index is 0.00000264. The van der Waals surface area contributed by atoms with E-state index in [0.29, 0.717) is 27.7 Å². The van der Waals surface area contributed by atoms with Crippen molar-refractivity contribution in [1.29, 1.82) is 0 Å². The van der Waals surface area contributed by atoms with Gasteiger partial charge in [0.1, 0.15) is 16.9 Å². The van der Waals surface area contributed by atoms with E-state index in [2.05, 4.69) is 15.9 Å². The fraction of sp³-hybridized carbons (Fsp3) is 0.400. The van der Waals surface area contributed by atoms with E-state index in [1.54, 1.807) is 13.0 Å². The SMILES string of the molecule is CCOC(=O)c1c(CN(C)C)oc2cc(Br)c(OC)c(O)c12.Cl. The Bertz CT molecular complexity index is 714. The molecule has 23 heavy (non-hydrogen) atoms. The van der Waals surface area contributed by atoms with Crippen LogP contribution in [0.5, 0.6) is 11.5 Å². The first kappa shape index (κ1) is 19.6. The maximum atomic E-state index is 12.3. The van der Waals surface area contributed by atoms with Crippen molar-refractivity contribution in [2.75, 3.05) is 27.8 Å². The molecule has 2 aromatic rings. The number of hydrogen-bond acceptors (Lipinski definition) is 6. The number of carbonyl (C=O) groups excluding carboxylic acids is 1. The molecule has 0 radical (unpaired) electrons. The van der Waals surface area contributed by atoms with Gasteiger partial charge in [-0.15, -0.1) is 12.4 Å². The third-order valence-corrected chi connectivity index (χ3v) is 3.67. The number of nitrogens with zero attached hydrogens (tertiary/aromatic N) is 1. The molecular formula is C15H19BrClNO5. The zero-order chi connectivity index (χ0) is 16.4. The molecule has 0 unspecified atom stereocenters. The van der Waals surface area contributed by atoms with Gasteiger partial charge in [0.25, 0.3) is 0 Å². The van der Waals surface area contributed by atoms with E-state index in [0.717, 1.165) is 0 Å². The number of phenolic OH excluding ortho intramolecular Hbond substituents is 1. The number of hydrogen-bond donors (Lipinski definition) is 1. The Kier molecular flexibility index (Phi) is 6.73. The van der Waals surface area contributed by atoms with Crippen molar-refractivity contribution >= 4 is 45.3 Å². The van der Waals surface area contributed by atoms with E-state index in [4.69, 9.17) is 13.9 Å². The third-order valence-electron chi connectivity index (χ3n) is 3.08. The molecule has 0 amide bonds. The van der Waals surface area contributed by atoms with E-state index >= 15 is 0 Å². The topological polar surface area (TPSA) is 72.1 Å². The van der Waals surface area contributed by atoms with Crippen LogP contribution in [-0.4, -0.2) is 43.8 Å². The van der Waals surface area contributed by atoms with Crippen LogP contribution < -0.4 is 4.74 Å². The van der Waals surface area contributed by atoms with Gasteiger partial charge in [0.05, 0.1) is 30.1 Å². The summed E-state index contributed by atoms with van der Waals surface area (Å²) < 4.78 is 16.6. The normalized spacial score (nSPS) is 10.7. The fourth-order valence-electron chi connectivity index (χ4n) is 2.25. The van der Waals surface area contributed by atoms with Crippen molar-refractivity contribution < 1.29 is 23.8 Å². The molecule has 1 N–H and O–H groups in total. The van der Waals surface area contributed by atoms with Crippen LogP contribution in [0.1, 0.15) is 23.0 Å². The lowest BCUT2D eigenvalue weighted by atomic mass is 10.1. The highest BCUT2D eigenvalue weighted by Crippen LogP contribution is 2.44. The molecule has 2 rings (SSSR count). The van der Waals surface area contributed by atoms with Crippen LogP contribution in [0, 0.1) is 0 Å². The van der Waals surface area contributed by atoms with E-state index in [-0.39, 0.29) is 36.1 Å². The van der Waals surface area contributed by atoms with Crippen LogP contribution in [0.4, 0.5) is 0 Å². The summed E-state index contributed by atoms with van der Waals surface area (Å²) in [6.45, 7) is 2.37. The molecule has 1 heterocycles. The molecule has 1 aromatic carbocycles. The zero-order valence-corrected chi connectivity index (χ0v) is 15.7. The summed E-state index contributed by atoms with van der Waals surface area (Å²) in [4.78, 5) is 14.2. The van der Waals surface area contributed by atoms with Crippen LogP contribution in [0.15, 0.2) is 15.0 Å². The lowest BCUT2D eigenvalue weighted by molar-refractivity contribution is 0.0524. The Morgan fingerprint density at radius 1 is 1.43 bits per heavy atom. The van der Waals surface area contributed by atoms with Crippen molar-refractivity contribution in [2.45, 2.75) is 13.5 Å². The highest BCUT2D eigenvalue weighted by Gasteiger charge is 2.27. The van der Waals surface area contributed by atoms with Crippen LogP contribution in [0.3, 0.4) is 0 Å². The minimum atomic E-state index is -0.530. The molecule has 0 saturated heterocycles. The minimum absolute atomic E-state index is 0. The van der Waals surface area contributed by atoms with Crippen LogP contribution >= 0.6 is 28.3 Å². The summed E-state index contributed by atoms with van der Waals surface area (Å²) in [5, 5.41) is 10.7. The van der Waals surface area contributed by atoms with Crippen molar-refractivity contribution in [2.24, 2.45) is 0 Å². The third kappa shape index (κ3) is 3.73. The smallest absolute Gasteiger partial charge is 0.342 e. The van der Waals surface area contributed by atoms with Gasteiger partial charge in [0.2, 0.25) is 0 Å². The van der Waals surface area contributed by atoms with Gasteiger partial charge >= 0.3 is 5.97 Å². The number of benzene rings is 1. The molecule has 0 aliphatic rings. The maximum absolute atomic E-state index is 12.3. The first-order valence-corrected chi connectivity index (χ1v) is 7.52. The van der Waals surface area contributed by atoms with Gasteiger partial charge in [0.15, 0.2) is 11.5 Å². The molecule has 1 aromatic heterocycles. The first-order valence-electron chi connectivity index (χ1n) is 6.73. The van der Waals surface area contributed by atoms with Gasteiger partial charge in [-0.3, -0.25) is 0 Å². The second-order valence-electron chi connectivity index (χ2n) is 4.97. The number of halogens is 2. The number of furan rings is 1. The molecule has 128 valence electrons. The van der Waals surface area contributed by atoms with Crippen LogP contribution in [0.2, 0.25) is 0 Å². The largest absolute Gasteiger partial charge is 0.504 e. The summed E-state index contributed by atoms with van der Waals surface area (Å²) in [5.74, 6) is 0.00520. The van der Waals surface area contributed by atoms with Crippen LogP contribution in [-0.2, 0) is 11.3 Å². The number of rotatable bonds is 5. The standard InChI is InChI=1S/C15H18BrNO5.ClH/c1-5-21-15(19)12-10(7-17(2)3)22-9-6-8(16)14(20-4)13(18)11(9)12;/h6,18H,5,7H2,1-4H3;1H. The number of phenols is 1. The Morgan fingerprint density at radius 2 is 2.09 bits per heavy atom. The van der Waals surface area contributed by atoms with Gasteiger partial charge in [-0.2, -0.15) is 0 Å². The number of esters is 1. The van der Waals surface area contributed by atoms with E-state index in [1.165, 1.54) is 7.11 Å². The average molecular weight is 409 g/mol. The summed E-state index contributed by atoms with van der Waals surface area (Å²) >= 11 is 3.31. The monoisotopic (exact) mass is 407 g/mol. The quantitative estimate of drug-likeness (QED) is 0.763. The van der Waals surface area contributed by atoms with Gasteiger partial charge in [-0.25, -0.2) is 4.79 Å². The van der Waals surface area contributed by atoms with Crippen molar-refractivity contribution in [3.05, 3.63) is 21.9 Å².